The largest absolute Gasteiger partial charge is 0.291 e. The zero-order valence-electron chi connectivity index (χ0n) is 5.62. The minimum atomic E-state index is 0.461. The van der Waals surface area contributed by atoms with Crippen molar-refractivity contribution in [2.75, 3.05) is 0 Å². The lowest BCUT2D eigenvalue weighted by atomic mass is 10.1. The van der Waals surface area contributed by atoms with Crippen LogP contribution in [0.1, 0.15) is 27.2 Å². The second-order valence-electron chi connectivity index (χ2n) is 2.10. The van der Waals surface area contributed by atoms with Crippen molar-refractivity contribution in [3.63, 3.8) is 0 Å². The standard InChI is InChI=1S/C7H11O/c1-6(2)7(3)4-5-8/h4H2,1-3H3. The maximum Gasteiger partial charge on any atom is 0.202 e. The van der Waals surface area contributed by atoms with Crippen LogP contribution in [-0.2, 0) is 4.79 Å². The van der Waals surface area contributed by atoms with E-state index in [4.69, 9.17) is 0 Å². The molecule has 1 radical (unpaired) electrons. The summed E-state index contributed by atoms with van der Waals surface area (Å²) in [6.45, 7) is 5.93. The summed E-state index contributed by atoms with van der Waals surface area (Å²) in [5, 5.41) is 0. The molecule has 0 atom stereocenters. The molecule has 0 saturated carbocycles. The van der Waals surface area contributed by atoms with Crippen LogP contribution in [0.3, 0.4) is 0 Å². The van der Waals surface area contributed by atoms with E-state index in [0.717, 1.165) is 5.57 Å². The molecule has 0 fully saturated rings. The smallest absolute Gasteiger partial charge is 0.202 e. The summed E-state index contributed by atoms with van der Waals surface area (Å²) < 4.78 is 0. The van der Waals surface area contributed by atoms with E-state index in [0.29, 0.717) is 6.42 Å². The molecule has 0 aliphatic heterocycles. The number of rotatable bonds is 2. The second-order valence-corrected chi connectivity index (χ2v) is 2.10. The molecule has 0 amide bonds. The van der Waals surface area contributed by atoms with Crippen molar-refractivity contribution in [3.05, 3.63) is 11.1 Å². The molecular weight excluding hydrogens is 100 g/mol. The zero-order chi connectivity index (χ0) is 6.57. The predicted octanol–water partition coefficient (Wildman–Crippen LogP) is 1.84. The molecule has 0 aliphatic rings. The predicted molar refractivity (Wildman–Crippen MR) is 34.4 cm³/mol. The molecular formula is C7H11O. The Bertz CT molecular complexity index is 108. The van der Waals surface area contributed by atoms with Crippen molar-refractivity contribution in [2.24, 2.45) is 0 Å². The Morgan fingerprint density at radius 3 is 2.00 bits per heavy atom. The van der Waals surface area contributed by atoms with Crippen LogP contribution in [0.5, 0.6) is 0 Å². The molecule has 0 bridgehead atoms. The van der Waals surface area contributed by atoms with Gasteiger partial charge in [-0.2, -0.15) is 0 Å². The maximum absolute atomic E-state index is 9.76. The van der Waals surface area contributed by atoms with Gasteiger partial charge in [0.15, 0.2) is 0 Å². The molecule has 8 heavy (non-hydrogen) atoms. The van der Waals surface area contributed by atoms with Crippen molar-refractivity contribution in [1.82, 2.24) is 0 Å². The van der Waals surface area contributed by atoms with Crippen molar-refractivity contribution in [3.8, 4) is 0 Å². The fourth-order valence-electron chi connectivity index (χ4n) is 0.285. The van der Waals surface area contributed by atoms with Crippen LogP contribution in [0.25, 0.3) is 0 Å². The highest BCUT2D eigenvalue weighted by Crippen LogP contribution is 2.03. The van der Waals surface area contributed by atoms with Gasteiger partial charge in [-0.3, -0.25) is 4.79 Å². The molecule has 0 heterocycles. The molecule has 0 aromatic carbocycles. The van der Waals surface area contributed by atoms with Gasteiger partial charge in [-0.05, 0) is 20.8 Å². The topological polar surface area (TPSA) is 17.1 Å². The van der Waals surface area contributed by atoms with Crippen LogP contribution in [-0.4, -0.2) is 6.29 Å². The zero-order valence-corrected chi connectivity index (χ0v) is 5.62. The van der Waals surface area contributed by atoms with E-state index in [1.807, 2.05) is 27.1 Å². The average molecular weight is 111 g/mol. The van der Waals surface area contributed by atoms with Gasteiger partial charge in [-0.25, -0.2) is 0 Å². The third-order valence-corrected chi connectivity index (χ3v) is 1.19. The molecule has 1 nitrogen and oxygen atoms in total. The van der Waals surface area contributed by atoms with Crippen molar-refractivity contribution in [2.45, 2.75) is 27.2 Å². The highest BCUT2D eigenvalue weighted by molar-refractivity contribution is 5.55. The average Bonchev–Trinajstić information content (AvgIpc) is 1.67. The lowest BCUT2D eigenvalue weighted by molar-refractivity contribution is 0.555. The Hall–Kier alpha value is -0.590. The fraction of sp³-hybridized carbons (Fsp3) is 0.571. The van der Waals surface area contributed by atoms with Crippen molar-refractivity contribution in [1.29, 1.82) is 0 Å². The van der Waals surface area contributed by atoms with Crippen LogP contribution in [0.15, 0.2) is 11.1 Å². The molecule has 45 valence electrons. The Morgan fingerprint density at radius 2 is 1.88 bits per heavy atom. The van der Waals surface area contributed by atoms with Gasteiger partial charge in [-0.15, -0.1) is 0 Å². The lowest BCUT2D eigenvalue weighted by Gasteiger charge is -1.93. The van der Waals surface area contributed by atoms with Crippen LogP contribution in [0.4, 0.5) is 0 Å². The van der Waals surface area contributed by atoms with Gasteiger partial charge >= 0.3 is 0 Å². The first-order valence-corrected chi connectivity index (χ1v) is 2.66. The first kappa shape index (κ1) is 7.41. The second kappa shape index (κ2) is 3.42. The summed E-state index contributed by atoms with van der Waals surface area (Å²) in [4.78, 5) is 9.76. The van der Waals surface area contributed by atoms with Crippen LogP contribution >= 0.6 is 0 Å². The normalized spacial score (nSPS) is 8.38. The Kier molecular flexibility index (Phi) is 3.16. The van der Waals surface area contributed by atoms with Gasteiger partial charge in [0.1, 0.15) is 0 Å². The first-order valence-electron chi connectivity index (χ1n) is 2.66. The van der Waals surface area contributed by atoms with E-state index in [2.05, 4.69) is 0 Å². The third kappa shape index (κ3) is 2.56. The van der Waals surface area contributed by atoms with E-state index in [-0.39, 0.29) is 0 Å². The highest BCUT2D eigenvalue weighted by atomic mass is 16.1. The maximum atomic E-state index is 9.76. The SMILES string of the molecule is CC(C)=C(C)C[C]=O. The van der Waals surface area contributed by atoms with Crippen LogP contribution in [0, 0.1) is 0 Å². The molecule has 0 aromatic heterocycles. The summed E-state index contributed by atoms with van der Waals surface area (Å²) in [6.07, 6.45) is 2.30. The molecule has 0 spiro atoms. The Balaban J connectivity index is 3.79. The molecule has 0 rings (SSSR count). The van der Waals surface area contributed by atoms with Gasteiger partial charge in [0.2, 0.25) is 6.29 Å². The number of hydrogen-bond acceptors (Lipinski definition) is 1. The molecule has 0 saturated heterocycles. The van der Waals surface area contributed by atoms with Crippen molar-refractivity contribution < 1.29 is 4.79 Å². The van der Waals surface area contributed by atoms with Gasteiger partial charge in [0.25, 0.3) is 0 Å². The summed E-state index contributed by atoms with van der Waals surface area (Å²) in [5.74, 6) is 0. The molecule has 0 aliphatic carbocycles. The van der Waals surface area contributed by atoms with Gasteiger partial charge in [-0.1, -0.05) is 11.1 Å². The third-order valence-electron chi connectivity index (χ3n) is 1.19. The first-order chi connectivity index (χ1) is 3.68. The van der Waals surface area contributed by atoms with E-state index < -0.39 is 0 Å². The van der Waals surface area contributed by atoms with Gasteiger partial charge in [0, 0.05) is 6.42 Å². The van der Waals surface area contributed by atoms with E-state index in [1.165, 1.54) is 5.57 Å². The number of allylic oxidation sites excluding steroid dienone is 2. The van der Waals surface area contributed by atoms with E-state index in [1.54, 1.807) is 0 Å². The molecule has 0 unspecified atom stereocenters. The monoisotopic (exact) mass is 111 g/mol. The van der Waals surface area contributed by atoms with Crippen LogP contribution in [0.2, 0.25) is 0 Å². The summed E-state index contributed by atoms with van der Waals surface area (Å²) in [5.41, 5.74) is 2.34. The Morgan fingerprint density at radius 1 is 1.38 bits per heavy atom. The molecule has 0 N–H and O–H groups in total. The summed E-state index contributed by atoms with van der Waals surface area (Å²) >= 11 is 0. The molecule has 0 aromatic rings. The van der Waals surface area contributed by atoms with Crippen LogP contribution < -0.4 is 0 Å². The summed E-state index contributed by atoms with van der Waals surface area (Å²) in [6, 6.07) is 0. The minimum absolute atomic E-state index is 0.461. The van der Waals surface area contributed by atoms with Gasteiger partial charge in [0.05, 0.1) is 0 Å². The fourth-order valence-corrected chi connectivity index (χ4v) is 0.285. The highest BCUT2D eigenvalue weighted by Gasteiger charge is 1.88. The quantitative estimate of drug-likeness (QED) is 0.497. The number of hydrogen-bond donors (Lipinski definition) is 0. The Labute approximate surface area is 50.4 Å². The minimum Gasteiger partial charge on any atom is -0.291 e. The van der Waals surface area contributed by atoms with E-state index in [9.17, 15) is 4.79 Å². The summed E-state index contributed by atoms with van der Waals surface area (Å²) in [7, 11) is 0. The van der Waals surface area contributed by atoms with E-state index >= 15 is 0 Å². The number of carbonyl (C=O) groups excluding carboxylic acids is 1. The lowest BCUT2D eigenvalue weighted by Crippen LogP contribution is -1.80. The molecule has 1 heteroatoms. The van der Waals surface area contributed by atoms with Crippen molar-refractivity contribution >= 4 is 6.29 Å². The van der Waals surface area contributed by atoms with Gasteiger partial charge < -0.3 is 0 Å².